The SMILES string of the molecule is Oc1c(C=NCc2ccccc2)[nH]c2ccccc12. The van der Waals surface area contributed by atoms with Crippen LogP contribution in [0.15, 0.2) is 59.6 Å². The van der Waals surface area contributed by atoms with Crippen molar-refractivity contribution in [3.63, 3.8) is 0 Å². The molecule has 0 aliphatic heterocycles. The second kappa shape index (κ2) is 4.98. The lowest BCUT2D eigenvalue weighted by Crippen LogP contribution is -1.84. The molecule has 0 bridgehead atoms. The number of hydrogen-bond acceptors (Lipinski definition) is 2. The second-order valence-corrected chi connectivity index (χ2v) is 4.39. The van der Waals surface area contributed by atoms with Gasteiger partial charge in [-0.25, -0.2) is 0 Å². The van der Waals surface area contributed by atoms with E-state index < -0.39 is 0 Å². The maximum absolute atomic E-state index is 10.1. The minimum absolute atomic E-state index is 0.257. The van der Waals surface area contributed by atoms with Crippen LogP contribution in [0.2, 0.25) is 0 Å². The van der Waals surface area contributed by atoms with Gasteiger partial charge >= 0.3 is 0 Å². The summed E-state index contributed by atoms with van der Waals surface area (Å²) in [5, 5.41) is 10.9. The highest BCUT2D eigenvalue weighted by Gasteiger charge is 2.06. The maximum atomic E-state index is 10.1. The number of nitrogens with zero attached hydrogens (tertiary/aromatic N) is 1. The molecule has 0 aliphatic rings. The number of aromatic hydroxyl groups is 1. The average Bonchev–Trinajstić information content (AvgIpc) is 2.78. The van der Waals surface area contributed by atoms with E-state index in [-0.39, 0.29) is 5.75 Å². The van der Waals surface area contributed by atoms with Gasteiger partial charge in [0, 0.05) is 17.1 Å². The van der Waals surface area contributed by atoms with Crippen molar-refractivity contribution < 1.29 is 5.11 Å². The summed E-state index contributed by atoms with van der Waals surface area (Å²) in [7, 11) is 0. The molecular weight excluding hydrogens is 236 g/mol. The van der Waals surface area contributed by atoms with E-state index in [1.54, 1.807) is 6.21 Å². The molecule has 0 atom stereocenters. The Morgan fingerprint density at radius 2 is 1.74 bits per heavy atom. The highest BCUT2D eigenvalue weighted by molar-refractivity contribution is 5.96. The third-order valence-electron chi connectivity index (χ3n) is 3.04. The van der Waals surface area contributed by atoms with Gasteiger partial charge in [-0.05, 0) is 17.7 Å². The lowest BCUT2D eigenvalue weighted by Gasteiger charge is -1.94. The summed E-state index contributed by atoms with van der Waals surface area (Å²) < 4.78 is 0. The summed E-state index contributed by atoms with van der Waals surface area (Å²) in [5.74, 6) is 0.257. The third kappa shape index (κ3) is 2.36. The fourth-order valence-electron chi connectivity index (χ4n) is 2.07. The number of para-hydroxylation sites is 1. The summed E-state index contributed by atoms with van der Waals surface area (Å²) >= 11 is 0. The van der Waals surface area contributed by atoms with Crippen LogP contribution in [0.5, 0.6) is 5.75 Å². The Balaban J connectivity index is 1.83. The first-order valence-corrected chi connectivity index (χ1v) is 6.18. The van der Waals surface area contributed by atoms with Crippen molar-refractivity contribution in [2.45, 2.75) is 6.54 Å². The number of benzene rings is 2. The van der Waals surface area contributed by atoms with Crippen LogP contribution < -0.4 is 0 Å². The summed E-state index contributed by atoms with van der Waals surface area (Å²) in [6.45, 7) is 0.607. The number of rotatable bonds is 3. The van der Waals surface area contributed by atoms with Crippen molar-refractivity contribution in [3.05, 3.63) is 65.9 Å². The van der Waals surface area contributed by atoms with Gasteiger partial charge in [-0.3, -0.25) is 4.99 Å². The number of H-pyrrole nitrogens is 1. The minimum atomic E-state index is 0.257. The van der Waals surface area contributed by atoms with E-state index in [0.29, 0.717) is 12.2 Å². The van der Waals surface area contributed by atoms with Gasteiger partial charge in [-0.1, -0.05) is 42.5 Å². The molecule has 2 aromatic carbocycles. The topological polar surface area (TPSA) is 48.4 Å². The second-order valence-electron chi connectivity index (χ2n) is 4.39. The molecule has 1 heterocycles. The zero-order valence-electron chi connectivity index (χ0n) is 10.4. The van der Waals surface area contributed by atoms with Crippen molar-refractivity contribution >= 4 is 17.1 Å². The maximum Gasteiger partial charge on any atom is 0.149 e. The molecule has 1 aromatic heterocycles. The highest BCUT2D eigenvalue weighted by atomic mass is 16.3. The highest BCUT2D eigenvalue weighted by Crippen LogP contribution is 2.27. The van der Waals surface area contributed by atoms with Crippen LogP contribution in [-0.2, 0) is 6.54 Å². The normalized spacial score (nSPS) is 11.4. The third-order valence-corrected chi connectivity index (χ3v) is 3.04. The molecule has 94 valence electrons. The number of nitrogens with one attached hydrogen (secondary N) is 1. The van der Waals surface area contributed by atoms with Crippen molar-refractivity contribution in [1.29, 1.82) is 0 Å². The Morgan fingerprint density at radius 3 is 2.53 bits per heavy atom. The molecule has 0 aliphatic carbocycles. The van der Waals surface area contributed by atoms with E-state index >= 15 is 0 Å². The molecule has 3 aromatic rings. The molecule has 3 heteroatoms. The predicted molar refractivity (Wildman–Crippen MR) is 77.7 cm³/mol. The largest absolute Gasteiger partial charge is 0.505 e. The lowest BCUT2D eigenvalue weighted by molar-refractivity contribution is 0.480. The summed E-state index contributed by atoms with van der Waals surface area (Å²) in [5.41, 5.74) is 2.72. The molecule has 0 radical (unpaired) electrons. The Hall–Kier alpha value is -2.55. The summed E-state index contributed by atoms with van der Waals surface area (Å²) in [6, 6.07) is 17.7. The Morgan fingerprint density at radius 1 is 1.00 bits per heavy atom. The van der Waals surface area contributed by atoms with Gasteiger partial charge in [0.2, 0.25) is 0 Å². The summed E-state index contributed by atoms with van der Waals surface area (Å²) in [4.78, 5) is 7.50. The molecule has 0 unspecified atom stereocenters. The van der Waals surface area contributed by atoms with Crippen molar-refractivity contribution in [2.75, 3.05) is 0 Å². The van der Waals surface area contributed by atoms with E-state index in [2.05, 4.69) is 9.98 Å². The van der Waals surface area contributed by atoms with Crippen molar-refractivity contribution in [1.82, 2.24) is 4.98 Å². The van der Waals surface area contributed by atoms with Gasteiger partial charge in [0.05, 0.1) is 12.2 Å². The standard InChI is InChI=1S/C16H14N2O/c19-16-13-8-4-5-9-14(13)18-15(16)11-17-10-12-6-2-1-3-7-12/h1-9,11,18-19H,10H2. The molecular formula is C16H14N2O. The quantitative estimate of drug-likeness (QED) is 0.687. The Bertz CT molecular complexity index is 714. The number of hydrogen-bond donors (Lipinski definition) is 2. The monoisotopic (exact) mass is 250 g/mol. The van der Waals surface area contributed by atoms with Crippen molar-refractivity contribution in [2.24, 2.45) is 4.99 Å². The predicted octanol–water partition coefficient (Wildman–Crippen LogP) is 3.49. The van der Waals surface area contributed by atoms with E-state index in [9.17, 15) is 5.11 Å². The molecule has 3 rings (SSSR count). The Kier molecular flexibility index (Phi) is 3.02. The van der Waals surface area contributed by atoms with E-state index in [0.717, 1.165) is 16.5 Å². The van der Waals surface area contributed by atoms with E-state index in [4.69, 9.17) is 0 Å². The fourth-order valence-corrected chi connectivity index (χ4v) is 2.07. The Labute approximate surface area is 111 Å². The van der Waals surface area contributed by atoms with Crippen LogP contribution in [0.25, 0.3) is 10.9 Å². The molecule has 0 spiro atoms. The van der Waals surface area contributed by atoms with Gasteiger partial charge in [-0.15, -0.1) is 0 Å². The zero-order valence-corrected chi connectivity index (χ0v) is 10.4. The first-order chi connectivity index (χ1) is 9.34. The van der Waals surface area contributed by atoms with E-state index in [1.807, 2.05) is 54.6 Å². The van der Waals surface area contributed by atoms with Crippen LogP contribution in [0, 0.1) is 0 Å². The average molecular weight is 250 g/mol. The molecule has 3 nitrogen and oxygen atoms in total. The van der Waals surface area contributed by atoms with Gasteiger partial charge < -0.3 is 10.1 Å². The zero-order chi connectivity index (χ0) is 13.1. The van der Waals surface area contributed by atoms with Crippen LogP contribution in [0.4, 0.5) is 0 Å². The fraction of sp³-hybridized carbons (Fsp3) is 0.0625. The smallest absolute Gasteiger partial charge is 0.149 e. The first-order valence-electron chi connectivity index (χ1n) is 6.18. The molecule has 2 N–H and O–H groups in total. The van der Waals surface area contributed by atoms with Crippen LogP contribution in [0.1, 0.15) is 11.3 Å². The summed E-state index contributed by atoms with van der Waals surface area (Å²) in [6.07, 6.45) is 1.68. The van der Waals surface area contributed by atoms with Gasteiger partial charge in [0.1, 0.15) is 5.75 Å². The molecule has 0 amide bonds. The van der Waals surface area contributed by atoms with Gasteiger partial charge in [0.15, 0.2) is 0 Å². The molecule has 0 saturated carbocycles. The van der Waals surface area contributed by atoms with Crippen molar-refractivity contribution in [3.8, 4) is 5.75 Å². The van der Waals surface area contributed by atoms with Gasteiger partial charge in [0.25, 0.3) is 0 Å². The molecule has 0 saturated heterocycles. The van der Waals surface area contributed by atoms with Crippen LogP contribution in [-0.4, -0.2) is 16.3 Å². The molecule has 19 heavy (non-hydrogen) atoms. The number of fused-ring (bicyclic) bond motifs is 1. The van der Waals surface area contributed by atoms with Gasteiger partial charge in [-0.2, -0.15) is 0 Å². The van der Waals surface area contributed by atoms with E-state index in [1.165, 1.54) is 0 Å². The lowest BCUT2D eigenvalue weighted by atomic mass is 10.2. The minimum Gasteiger partial charge on any atom is -0.505 e. The van der Waals surface area contributed by atoms with Crippen LogP contribution in [0.3, 0.4) is 0 Å². The first kappa shape index (κ1) is 11.5. The van der Waals surface area contributed by atoms with Crippen LogP contribution >= 0.6 is 0 Å². The number of aliphatic imine (C=N–C) groups is 1. The number of aromatic nitrogens is 1. The molecule has 0 fully saturated rings. The number of aromatic amines is 1.